The van der Waals surface area contributed by atoms with Crippen LogP contribution in [0.1, 0.15) is 0 Å². The Morgan fingerprint density at radius 3 is 2.81 bits per heavy atom. The van der Waals surface area contributed by atoms with E-state index in [2.05, 4.69) is 15.3 Å². The minimum atomic E-state index is 0.199. The van der Waals surface area contributed by atoms with Crippen molar-refractivity contribution >= 4 is 23.4 Å². The van der Waals surface area contributed by atoms with Crippen LogP contribution in [0.4, 0.5) is 11.6 Å². The molecule has 0 aromatic carbocycles. The summed E-state index contributed by atoms with van der Waals surface area (Å²) >= 11 is 1.51. The molecule has 16 heavy (non-hydrogen) atoms. The minimum Gasteiger partial charge on any atom is -0.383 e. The first-order valence-corrected chi connectivity index (χ1v) is 6.08. The lowest BCUT2D eigenvalue weighted by atomic mass is 10.3. The van der Waals surface area contributed by atoms with Crippen LogP contribution in [0.2, 0.25) is 0 Å². The van der Waals surface area contributed by atoms with Gasteiger partial charge in [-0.15, -0.1) is 0 Å². The van der Waals surface area contributed by atoms with Crippen molar-refractivity contribution in [1.82, 2.24) is 15.3 Å². The minimum absolute atomic E-state index is 0.199. The van der Waals surface area contributed by atoms with Crippen molar-refractivity contribution < 1.29 is 4.74 Å². The fraction of sp³-hybridized carbons (Fsp3) is 0.556. The first-order valence-electron chi connectivity index (χ1n) is 5.09. The van der Waals surface area contributed by atoms with Crippen LogP contribution in [0.25, 0.3) is 0 Å². The highest BCUT2D eigenvalue weighted by Gasteiger charge is 2.14. The Hall–Kier alpha value is -1.05. The number of rotatable bonds is 3. The summed E-state index contributed by atoms with van der Waals surface area (Å²) in [6.07, 6.45) is 0.199. The molecule has 1 aromatic heterocycles. The molecule has 88 valence electrons. The number of anilines is 2. The molecule has 0 bridgehead atoms. The van der Waals surface area contributed by atoms with Gasteiger partial charge in [0.05, 0.1) is 12.7 Å². The van der Waals surface area contributed by atoms with Crippen molar-refractivity contribution in [3.8, 4) is 0 Å². The Morgan fingerprint density at radius 1 is 1.44 bits per heavy atom. The summed E-state index contributed by atoms with van der Waals surface area (Å²) in [5.74, 6) is 1.60. The molecule has 0 amide bonds. The molecular formula is C9H15N5OS. The summed E-state index contributed by atoms with van der Waals surface area (Å²) in [6.45, 7) is 2.54. The van der Waals surface area contributed by atoms with E-state index in [0.717, 1.165) is 25.4 Å². The van der Waals surface area contributed by atoms with E-state index >= 15 is 0 Å². The third-order valence-electron chi connectivity index (χ3n) is 2.15. The van der Waals surface area contributed by atoms with Crippen molar-refractivity contribution in [2.75, 3.05) is 36.9 Å². The lowest BCUT2D eigenvalue weighted by Crippen LogP contribution is -2.39. The fourth-order valence-corrected chi connectivity index (χ4v) is 2.31. The number of nitrogens with one attached hydrogen (secondary N) is 1. The van der Waals surface area contributed by atoms with Crippen LogP contribution < -0.4 is 16.8 Å². The zero-order chi connectivity index (χ0) is 11.4. The maximum absolute atomic E-state index is 5.58. The van der Waals surface area contributed by atoms with Crippen LogP contribution in [0, 0.1) is 0 Å². The average Bonchev–Trinajstić information content (AvgIpc) is 2.27. The highest BCUT2D eigenvalue weighted by atomic mass is 32.2. The van der Waals surface area contributed by atoms with Gasteiger partial charge in [-0.3, -0.25) is 0 Å². The van der Waals surface area contributed by atoms with E-state index in [-0.39, 0.29) is 6.10 Å². The molecule has 0 saturated carbocycles. The van der Waals surface area contributed by atoms with Gasteiger partial charge in [0, 0.05) is 24.9 Å². The topological polar surface area (TPSA) is 99.1 Å². The van der Waals surface area contributed by atoms with Gasteiger partial charge in [0.1, 0.15) is 11.6 Å². The van der Waals surface area contributed by atoms with E-state index in [1.54, 1.807) is 6.07 Å². The van der Waals surface area contributed by atoms with Crippen LogP contribution in [0.15, 0.2) is 11.2 Å². The second kappa shape index (κ2) is 5.33. The molecular weight excluding hydrogens is 226 g/mol. The van der Waals surface area contributed by atoms with E-state index in [0.29, 0.717) is 16.8 Å². The third kappa shape index (κ3) is 3.22. The van der Waals surface area contributed by atoms with Gasteiger partial charge in [0.2, 0.25) is 0 Å². The molecule has 1 fully saturated rings. The number of nitrogens with zero attached hydrogens (tertiary/aromatic N) is 2. The van der Waals surface area contributed by atoms with Gasteiger partial charge in [-0.25, -0.2) is 9.97 Å². The number of hydrogen-bond acceptors (Lipinski definition) is 7. The summed E-state index contributed by atoms with van der Waals surface area (Å²) in [5, 5.41) is 3.87. The summed E-state index contributed by atoms with van der Waals surface area (Å²) in [6, 6.07) is 1.54. The van der Waals surface area contributed by atoms with Crippen LogP contribution in [0.5, 0.6) is 0 Å². The molecule has 0 aliphatic carbocycles. The van der Waals surface area contributed by atoms with Gasteiger partial charge in [-0.1, -0.05) is 11.8 Å². The summed E-state index contributed by atoms with van der Waals surface area (Å²) in [5.41, 5.74) is 11.2. The highest BCUT2D eigenvalue weighted by molar-refractivity contribution is 7.99. The SMILES string of the molecule is Nc1cc(N)nc(SCC2CNCCO2)n1. The van der Waals surface area contributed by atoms with E-state index in [4.69, 9.17) is 16.2 Å². The van der Waals surface area contributed by atoms with Crippen LogP contribution >= 0.6 is 11.8 Å². The molecule has 2 heterocycles. The van der Waals surface area contributed by atoms with Gasteiger partial charge in [0.25, 0.3) is 0 Å². The Labute approximate surface area is 98.2 Å². The molecule has 6 nitrogen and oxygen atoms in total. The van der Waals surface area contributed by atoms with E-state index in [1.807, 2.05) is 0 Å². The number of ether oxygens (including phenoxy) is 1. The Morgan fingerprint density at radius 2 is 2.19 bits per heavy atom. The zero-order valence-corrected chi connectivity index (χ0v) is 9.67. The van der Waals surface area contributed by atoms with Crippen molar-refractivity contribution in [3.05, 3.63) is 6.07 Å². The number of nitrogens with two attached hydrogens (primary N) is 2. The van der Waals surface area contributed by atoms with Crippen molar-refractivity contribution in [1.29, 1.82) is 0 Å². The van der Waals surface area contributed by atoms with Crippen LogP contribution in [-0.2, 0) is 4.74 Å². The summed E-state index contributed by atoms with van der Waals surface area (Å²) < 4.78 is 5.56. The maximum Gasteiger partial charge on any atom is 0.191 e. The first kappa shape index (κ1) is 11.4. The molecule has 1 aliphatic rings. The monoisotopic (exact) mass is 241 g/mol. The van der Waals surface area contributed by atoms with E-state index in [9.17, 15) is 0 Å². The smallest absolute Gasteiger partial charge is 0.191 e. The molecule has 1 aromatic rings. The molecule has 0 spiro atoms. The zero-order valence-electron chi connectivity index (χ0n) is 8.85. The van der Waals surface area contributed by atoms with E-state index < -0.39 is 0 Å². The first-order chi connectivity index (χ1) is 7.74. The maximum atomic E-state index is 5.58. The lowest BCUT2D eigenvalue weighted by molar-refractivity contribution is 0.0440. The quantitative estimate of drug-likeness (QED) is 0.494. The van der Waals surface area contributed by atoms with Gasteiger partial charge < -0.3 is 21.5 Å². The average molecular weight is 241 g/mol. The molecule has 1 saturated heterocycles. The predicted octanol–water partition coefficient (Wildman–Crippen LogP) is -0.279. The van der Waals surface area contributed by atoms with Crippen LogP contribution in [0.3, 0.4) is 0 Å². The Kier molecular flexibility index (Phi) is 3.81. The number of hydrogen-bond donors (Lipinski definition) is 3. The summed E-state index contributed by atoms with van der Waals surface area (Å²) in [4.78, 5) is 8.18. The van der Waals surface area contributed by atoms with E-state index in [1.165, 1.54) is 11.8 Å². The molecule has 1 aliphatic heterocycles. The second-order valence-corrected chi connectivity index (χ2v) is 4.50. The molecule has 1 atom stereocenters. The second-order valence-electron chi connectivity index (χ2n) is 3.51. The van der Waals surface area contributed by atoms with Crippen molar-refractivity contribution in [3.63, 3.8) is 0 Å². The van der Waals surface area contributed by atoms with Crippen LogP contribution in [-0.4, -0.2) is 41.5 Å². The number of nitrogen functional groups attached to an aromatic ring is 2. The van der Waals surface area contributed by atoms with Gasteiger partial charge >= 0.3 is 0 Å². The molecule has 0 radical (unpaired) electrons. The van der Waals surface area contributed by atoms with Crippen molar-refractivity contribution in [2.45, 2.75) is 11.3 Å². The highest BCUT2D eigenvalue weighted by Crippen LogP contribution is 2.18. The number of aromatic nitrogens is 2. The summed E-state index contributed by atoms with van der Waals surface area (Å²) in [7, 11) is 0. The normalized spacial score (nSPS) is 20.9. The third-order valence-corrected chi connectivity index (χ3v) is 3.13. The molecule has 1 unspecified atom stereocenters. The Balaban J connectivity index is 1.88. The standard InChI is InChI=1S/C9H15N5OS/c10-7-3-8(11)14-9(13-7)16-5-6-4-12-1-2-15-6/h3,6,12H,1-2,4-5H2,(H4,10,11,13,14). The molecule has 7 heteroatoms. The van der Waals surface area contributed by atoms with Gasteiger partial charge in [-0.2, -0.15) is 0 Å². The Bertz CT molecular complexity index is 336. The predicted molar refractivity (Wildman–Crippen MR) is 64.2 cm³/mol. The molecule has 5 N–H and O–H groups in total. The lowest BCUT2D eigenvalue weighted by Gasteiger charge is -2.22. The fourth-order valence-electron chi connectivity index (χ4n) is 1.42. The number of thioether (sulfide) groups is 1. The van der Waals surface area contributed by atoms with Crippen molar-refractivity contribution in [2.24, 2.45) is 0 Å². The van der Waals surface area contributed by atoms with Gasteiger partial charge in [0.15, 0.2) is 5.16 Å². The molecule has 2 rings (SSSR count). The number of morpholine rings is 1. The van der Waals surface area contributed by atoms with Gasteiger partial charge in [-0.05, 0) is 0 Å². The largest absolute Gasteiger partial charge is 0.383 e.